The summed E-state index contributed by atoms with van der Waals surface area (Å²) < 4.78 is 27.0. The highest BCUT2D eigenvalue weighted by Gasteiger charge is 2.23. The van der Waals surface area contributed by atoms with Gasteiger partial charge in [0.1, 0.15) is 6.54 Å². The molecule has 0 aliphatic rings. The van der Waals surface area contributed by atoms with Crippen molar-refractivity contribution >= 4 is 10.9 Å². The quantitative estimate of drug-likeness (QED) is 0.863. The average Bonchev–Trinajstić information content (AvgIpc) is 2.58. The molecule has 0 aliphatic carbocycles. The number of nitrogens with zero attached hydrogens (tertiary/aromatic N) is 3. The SMILES string of the molecule is CC(F)(F)Cn1ncc2cc(CN)ncc21. The molecule has 2 rings (SSSR count). The molecule has 0 radical (unpaired) electrons. The summed E-state index contributed by atoms with van der Waals surface area (Å²) in [6.45, 7) is 0.743. The van der Waals surface area contributed by atoms with Crippen LogP contribution in [0.1, 0.15) is 12.6 Å². The number of hydrogen-bond donors (Lipinski definition) is 1. The van der Waals surface area contributed by atoms with Crippen LogP contribution in [0.3, 0.4) is 0 Å². The molecular formula is C10H12F2N4. The third kappa shape index (κ3) is 2.16. The minimum absolute atomic E-state index is 0.324. The van der Waals surface area contributed by atoms with Crippen LogP contribution in [0, 0.1) is 0 Å². The first-order valence-corrected chi connectivity index (χ1v) is 4.88. The molecule has 0 saturated heterocycles. The van der Waals surface area contributed by atoms with Crippen LogP contribution in [0.25, 0.3) is 10.9 Å². The molecule has 16 heavy (non-hydrogen) atoms. The largest absolute Gasteiger partial charge is 0.325 e. The lowest BCUT2D eigenvalue weighted by Crippen LogP contribution is -2.20. The molecule has 86 valence electrons. The van der Waals surface area contributed by atoms with E-state index in [1.165, 1.54) is 10.9 Å². The Morgan fingerprint density at radius 1 is 1.44 bits per heavy atom. The fourth-order valence-electron chi connectivity index (χ4n) is 1.52. The first-order valence-electron chi connectivity index (χ1n) is 4.88. The minimum Gasteiger partial charge on any atom is -0.325 e. The van der Waals surface area contributed by atoms with Gasteiger partial charge in [0.25, 0.3) is 5.92 Å². The number of rotatable bonds is 3. The maximum absolute atomic E-state index is 12.9. The molecule has 0 atom stereocenters. The van der Waals surface area contributed by atoms with E-state index in [0.29, 0.717) is 12.1 Å². The van der Waals surface area contributed by atoms with Crippen molar-refractivity contribution in [3.05, 3.63) is 24.2 Å². The van der Waals surface area contributed by atoms with Gasteiger partial charge in [-0.15, -0.1) is 0 Å². The van der Waals surface area contributed by atoms with Crippen LogP contribution in [0.15, 0.2) is 18.5 Å². The molecule has 0 unspecified atom stereocenters. The van der Waals surface area contributed by atoms with Crippen LogP contribution >= 0.6 is 0 Å². The summed E-state index contributed by atoms with van der Waals surface area (Å²) in [6.07, 6.45) is 3.07. The van der Waals surface area contributed by atoms with Crippen molar-refractivity contribution in [1.82, 2.24) is 14.8 Å². The molecule has 0 aliphatic heterocycles. The van der Waals surface area contributed by atoms with Gasteiger partial charge in [-0.2, -0.15) is 5.10 Å². The molecule has 0 bridgehead atoms. The van der Waals surface area contributed by atoms with E-state index < -0.39 is 12.5 Å². The van der Waals surface area contributed by atoms with Gasteiger partial charge < -0.3 is 5.73 Å². The Kier molecular flexibility index (Phi) is 2.59. The van der Waals surface area contributed by atoms with Crippen molar-refractivity contribution in [1.29, 1.82) is 0 Å². The van der Waals surface area contributed by atoms with E-state index in [-0.39, 0.29) is 0 Å². The van der Waals surface area contributed by atoms with Crippen LogP contribution < -0.4 is 5.73 Å². The summed E-state index contributed by atoms with van der Waals surface area (Å²) in [7, 11) is 0. The molecule has 2 aromatic heterocycles. The number of nitrogens with two attached hydrogens (primary N) is 1. The average molecular weight is 226 g/mol. The van der Waals surface area contributed by atoms with E-state index in [1.54, 1.807) is 12.3 Å². The summed E-state index contributed by atoms with van der Waals surface area (Å²) >= 11 is 0. The van der Waals surface area contributed by atoms with Gasteiger partial charge in [-0.25, -0.2) is 8.78 Å². The van der Waals surface area contributed by atoms with Gasteiger partial charge >= 0.3 is 0 Å². The lowest BCUT2D eigenvalue weighted by Gasteiger charge is -2.10. The highest BCUT2D eigenvalue weighted by Crippen LogP contribution is 2.19. The normalized spacial score (nSPS) is 12.2. The highest BCUT2D eigenvalue weighted by atomic mass is 19.3. The second kappa shape index (κ2) is 3.79. The summed E-state index contributed by atoms with van der Waals surface area (Å²) in [4.78, 5) is 4.06. The molecule has 0 aromatic carbocycles. The van der Waals surface area contributed by atoms with Gasteiger partial charge in [-0.05, 0) is 6.07 Å². The van der Waals surface area contributed by atoms with E-state index in [4.69, 9.17) is 5.73 Å². The number of hydrogen-bond acceptors (Lipinski definition) is 3. The summed E-state index contributed by atoms with van der Waals surface area (Å²) in [5, 5.41) is 4.69. The van der Waals surface area contributed by atoms with Crippen molar-refractivity contribution in [2.45, 2.75) is 25.9 Å². The summed E-state index contributed by atoms with van der Waals surface area (Å²) in [5.41, 5.74) is 6.75. The molecule has 0 spiro atoms. The zero-order valence-electron chi connectivity index (χ0n) is 8.82. The molecule has 0 amide bonds. The Morgan fingerprint density at radius 3 is 2.81 bits per heavy atom. The number of halogens is 2. The molecule has 0 fully saturated rings. The number of pyridine rings is 1. The van der Waals surface area contributed by atoms with E-state index in [0.717, 1.165) is 18.0 Å². The zero-order chi connectivity index (χ0) is 11.8. The predicted molar refractivity (Wildman–Crippen MR) is 56.0 cm³/mol. The van der Waals surface area contributed by atoms with Gasteiger partial charge in [-0.1, -0.05) is 0 Å². The van der Waals surface area contributed by atoms with Gasteiger partial charge in [0.15, 0.2) is 0 Å². The molecular weight excluding hydrogens is 214 g/mol. The van der Waals surface area contributed by atoms with E-state index in [2.05, 4.69) is 10.1 Å². The maximum Gasteiger partial charge on any atom is 0.264 e. The number of fused-ring (bicyclic) bond motifs is 1. The standard InChI is InChI=1S/C10H12F2N4/c1-10(11,12)6-16-9-5-14-8(3-13)2-7(9)4-15-16/h2,4-5H,3,6,13H2,1H3. The molecule has 6 heteroatoms. The Morgan fingerprint density at radius 2 is 2.19 bits per heavy atom. The first-order chi connectivity index (χ1) is 7.49. The Balaban J connectivity index is 2.42. The molecule has 2 aromatic rings. The third-order valence-corrected chi connectivity index (χ3v) is 2.22. The summed E-state index contributed by atoms with van der Waals surface area (Å²) in [5.74, 6) is -2.79. The lowest BCUT2D eigenvalue weighted by molar-refractivity contribution is 0.00181. The van der Waals surface area contributed by atoms with Crippen LogP contribution in [-0.2, 0) is 13.1 Å². The van der Waals surface area contributed by atoms with Crippen molar-refractivity contribution in [3.63, 3.8) is 0 Å². The van der Waals surface area contributed by atoms with Crippen molar-refractivity contribution in [2.24, 2.45) is 5.73 Å². The maximum atomic E-state index is 12.9. The van der Waals surface area contributed by atoms with Gasteiger partial charge in [0, 0.05) is 18.9 Å². The Hall–Kier alpha value is -1.56. The fourth-order valence-corrected chi connectivity index (χ4v) is 1.52. The predicted octanol–water partition coefficient (Wildman–Crippen LogP) is 1.55. The second-order valence-corrected chi connectivity index (χ2v) is 3.81. The Bertz CT molecular complexity index is 501. The highest BCUT2D eigenvalue weighted by molar-refractivity contribution is 5.77. The summed E-state index contributed by atoms with van der Waals surface area (Å²) in [6, 6.07) is 1.76. The molecule has 4 nitrogen and oxygen atoms in total. The van der Waals surface area contributed by atoms with Crippen molar-refractivity contribution in [3.8, 4) is 0 Å². The fraction of sp³-hybridized carbons (Fsp3) is 0.400. The van der Waals surface area contributed by atoms with Gasteiger partial charge in [0.2, 0.25) is 0 Å². The van der Waals surface area contributed by atoms with Crippen molar-refractivity contribution in [2.75, 3.05) is 0 Å². The smallest absolute Gasteiger partial charge is 0.264 e. The molecule has 2 N–H and O–H groups in total. The van der Waals surface area contributed by atoms with Gasteiger partial charge in [0.05, 0.1) is 23.6 Å². The number of alkyl halides is 2. The topological polar surface area (TPSA) is 56.7 Å². The third-order valence-electron chi connectivity index (χ3n) is 2.22. The van der Waals surface area contributed by atoms with E-state index in [9.17, 15) is 8.78 Å². The zero-order valence-corrected chi connectivity index (χ0v) is 8.82. The van der Waals surface area contributed by atoms with Crippen LogP contribution in [0.5, 0.6) is 0 Å². The van der Waals surface area contributed by atoms with E-state index in [1.807, 2.05) is 0 Å². The minimum atomic E-state index is -2.79. The monoisotopic (exact) mass is 226 g/mol. The number of aromatic nitrogens is 3. The van der Waals surface area contributed by atoms with E-state index >= 15 is 0 Å². The second-order valence-electron chi connectivity index (χ2n) is 3.81. The lowest BCUT2D eigenvalue weighted by atomic mass is 10.2. The molecule has 0 saturated carbocycles. The van der Waals surface area contributed by atoms with Crippen molar-refractivity contribution < 1.29 is 8.78 Å². The van der Waals surface area contributed by atoms with Crippen LogP contribution in [-0.4, -0.2) is 20.7 Å². The Labute approximate surface area is 91.1 Å². The first kappa shape index (κ1) is 10.9. The van der Waals surface area contributed by atoms with Crippen LogP contribution in [0.2, 0.25) is 0 Å². The molecule has 2 heterocycles. The van der Waals surface area contributed by atoms with Gasteiger partial charge in [-0.3, -0.25) is 9.67 Å². The van der Waals surface area contributed by atoms with Crippen LogP contribution in [0.4, 0.5) is 8.78 Å².